The summed E-state index contributed by atoms with van der Waals surface area (Å²) in [5.74, 6) is -2.69. The minimum atomic E-state index is -4.22. The van der Waals surface area contributed by atoms with Gasteiger partial charge in [-0.3, -0.25) is 14.9 Å². The number of anilines is 1. The molecule has 10 nitrogen and oxygen atoms in total. The molecule has 1 aliphatic rings. The largest absolute Gasteiger partial charge is 0.465 e. The first-order valence-electron chi connectivity index (χ1n) is 10.5. The number of hydrogen-bond acceptors (Lipinski definition) is 8. The molecular weight excluding hydrogens is 568 g/mol. The quantitative estimate of drug-likeness (QED) is 0.200. The number of ether oxygens (including phenoxy) is 1. The normalized spacial score (nSPS) is 14.9. The van der Waals surface area contributed by atoms with E-state index < -0.39 is 39.5 Å². The SMILES string of the molecule is COC(=O)c1ccc(N2C(=O)NC(=O)/C(=C\c3cc(Br)ccc3OS(=O)(=O)c3ccccc3)C2=O)cc1. The van der Waals surface area contributed by atoms with E-state index >= 15 is 0 Å². The maximum atomic E-state index is 13.2. The highest BCUT2D eigenvalue weighted by Gasteiger charge is 2.37. The second-order valence-electron chi connectivity index (χ2n) is 7.53. The van der Waals surface area contributed by atoms with Crippen LogP contribution in [0.25, 0.3) is 6.08 Å². The molecule has 3 aromatic rings. The van der Waals surface area contributed by atoms with Crippen molar-refractivity contribution in [3.05, 3.63) is 94.0 Å². The molecule has 4 rings (SSSR count). The third kappa shape index (κ3) is 5.44. The first-order chi connectivity index (χ1) is 17.6. The van der Waals surface area contributed by atoms with Crippen molar-refractivity contribution in [3.8, 4) is 5.75 Å². The van der Waals surface area contributed by atoms with E-state index in [9.17, 15) is 27.6 Å². The number of amides is 4. The van der Waals surface area contributed by atoms with Crippen LogP contribution in [-0.2, 0) is 24.4 Å². The molecule has 37 heavy (non-hydrogen) atoms. The molecule has 0 unspecified atom stereocenters. The fourth-order valence-electron chi connectivity index (χ4n) is 3.37. The Hall–Kier alpha value is -4.29. The van der Waals surface area contributed by atoms with Gasteiger partial charge in [-0.15, -0.1) is 0 Å². The molecule has 0 aromatic heterocycles. The van der Waals surface area contributed by atoms with Crippen LogP contribution >= 0.6 is 15.9 Å². The third-order valence-corrected chi connectivity index (χ3v) is 6.89. The molecule has 3 aromatic carbocycles. The van der Waals surface area contributed by atoms with Crippen LogP contribution in [0.15, 0.2) is 87.7 Å². The number of urea groups is 1. The summed E-state index contributed by atoms with van der Waals surface area (Å²) in [4.78, 5) is 50.7. The van der Waals surface area contributed by atoms with Gasteiger partial charge < -0.3 is 8.92 Å². The zero-order chi connectivity index (χ0) is 26.7. The highest BCUT2D eigenvalue weighted by Crippen LogP contribution is 2.30. The lowest BCUT2D eigenvalue weighted by Gasteiger charge is -2.26. The summed E-state index contributed by atoms with van der Waals surface area (Å²) < 4.78 is 36.0. The van der Waals surface area contributed by atoms with E-state index in [1.807, 2.05) is 0 Å². The van der Waals surface area contributed by atoms with Crippen LogP contribution in [0.1, 0.15) is 15.9 Å². The van der Waals surface area contributed by atoms with E-state index in [1.54, 1.807) is 6.07 Å². The number of halogens is 1. The van der Waals surface area contributed by atoms with Gasteiger partial charge in [-0.25, -0.2) is 14.5 Å². The second-order valence-corrected chi connectivity index (χ2v) is 9.99. The predicted molar refractivity (Wildman–Crippen MR) is 135 cm³/mol. The third-order valence-electron chi connectivity index (χ3n) is 5.15. The number of barbiturate groups is 1. The molecule has 188 valence electrons. The van der Waals surface area contributed by atoms with Gasteiger partial charge in [0, 0.05) is 10.0 Å². The lowest BCUT2D eigenvalue weighted by molar-refractivity contribution is -0.122. The Morgan fingerprint density at radius 1 is 0.973 bits per heavy atom. The summed E-state index contributed by atoms with van der Waals surface area (Å²) in [5, 5.41) is 2.08. The number of rotatable bonds is 6. The van der Waals surface area contributed by atoms with Crippen molar-refractivity contribution in [2.24, 2.45) is 0 Å². The van der Waals surface area contributed by atoms with Crippen molar-refractivity contribution in [3.63, 3.8) is 0 Å². The lowest BCUT2D eigenvalue weighted by atomic mass is 10.1. The standard InChI is InChI=1S/C25H17BrN2O8S/c1-35-24(31)15-7-10-18(11-8-15)28-23(30)20(22(29)27-25(28)32)14-16-13-17(26)9-12-21(16)36-37(33,34)19-5-3-2-4-6-19/h2-14H,1H3,(H,27,29,32)/b20-14+. The maximum Gasteiger partial charge on any atom is 0.339 e. The number of carbonyl (C=O) groups excluding carboxylic acids is 4. The number of benzene rings is 3. The van der Waals surface area contributed by atoms with Crippen molar-refractivity contribution in [2.75, 3.05) is 12.0 Å². The fourth-order valence-corrected chi connectivity index (χ4v) is 4.73. The molecule has 0 bridgehead atoms. The van der Waals surface area contributed by atoms with E-state index in [0.717, 1.165) is 6.08 Å². The topological polar surface area (TPSA) is 136 Å². The van der Waals surface area contributed by atoms with Gasteiger partial charge >= 0.3 is 22.1 Å². The van der Waals surface area contributed by atoms with E-state index in [1.165, 1.54) is 73.8 Å². The number of esters is 1. The number of nitrogens with one attached hydrogen (secondary N) is 1. The summed E-state index contributed by atoms with van der Waals surface area (Å²) in [7, 11) is -3.01. The molecule has 12 heteroatoms. The maximum absolute atomic E-state index is 13.2. The van der Waals surface area contributed by atoms with E-state index in [0.29, 0.717) is 9.37 Å². The number of nitrogens with zero attached hydrogens (tertiary/aromatic N) is 1. The van der Waals surface area contributed by atoms with Crippen LogP contribution in [0.5, 0.6) is 5.75 Å². The molecule has 4 amide bonds. The van der Waals surface area contributed by atoms with Gasteiger partial charge in [0.2, 0.25) is 0 Å². The van der Waals surface area contributed by atoms with E-state index in [-0.39, 0.29) is 27.5 Å². The van der Waals surface area contributed by atoms with Gasteiger partial charge in [0.1, 0.15) is 16.2 Å². The molecule has 1 saturated heterocycles. The van der Waals surface area contributed by atoms with Gasteiger partial charge in [-0.1, -0.05) is 34.1 Å². The predicted octanol–water partition coefficient (Wildman–Crippen LogP) is 3.67. The monoisotopic (exact) mass is 584 g/mol. The van der Waals surface area contributed by atoms with Crippen molar-refractivity contribution >= 4 is 61.6 Å². The second kappa shape index (κ2) is 10.4. The first kappa shape index (κ1) is 25.8. The lowest BCUT2D eigenvalue weighted by Crippen LogP contribution is -2.54. The van der Waals surface area contributed by atoms with Crippen LogP contribution in [0, 0.1) is 0 Å². The summed E-state index contributed by atoms with van der Waals surface area (Å²) >= 11 is 3.28. The van der Waals surface area contributed by atoms with E-state index in [4.69, 9.17) is 4.18 Å². The van der Waals surface area contributed by atoms with Crippen LogP contribution in [-0.4, -0.2) is 39.3 Å². The van der Waals surface area contributed by atoms with Gasteiger partial charge in [0.25, 0.3) is 11.8 Å². The average molecular weight is 585 g/mol. The van der Waals surface area contributed by atoms with Gasteiger partial charge in [-0.05, 0) is 60.7 Å². The number of methoxy groups -OCH3 is 1. The molecule has 0 saturated carbocycles. The molecule has 1 fully saturated rings. The summed E-state index contributed by atoms with van der Waals surface area (Å²) in [6.07, 6.45) is 1.13. The highest BCUT2D eigenvalue weighted by molar-refractivity contribution is 9.10. The van der Waals surface area contributed by atoms with Crippen molar-refractivity contribution < 1.29 is 36.5 Å². The van der Waals surface area contributed by atoms with Crippen molar-refractivity contribution in [2.45, 2.75) is 4.90 Å². The minimum Gasteiger partial charge on any atom is -0.465 e. The highest BCUT2D eigenvalue weighted by atomic mass is 79.9. The molecule has 1 aliphatic heterocycles. The Morgan fingerprint density at radius 3 is 2.30 bits per heavy atom. The molecule has 0 atom stereocenters. The number of hydrogen-bond donors (Lipinski definition) is 1. The van der Waals surface area contributed by atoms with Crippen molar-refractivity contribution in [1.82, 2.24) is 5.32 Å². The Morgan fingerprint density at radius 2 is 1.65 bits per heavy atom. The first-order valence-corrected chi connectivity index (χ1v) is 12.7. The molecule has 0 spiro atoms. The Labute approximate surface area is 219 Å². The van der Waals surface area contributed by atoms with Crippen LogP contribution in [0.4, 0.5) is 10.5 Å². The smallest absolute Gasteiger partial charge is 0.339 e. The van der Waals surface area contributed by atoms with Crippen molar-refractivity contribution in [1.29, 1.82) is 0 Å². The zero-order valence-corrected chi connectivity index (χ0v) is 21.4. The van der Waals surface area contributed by atoms with Gasteiger partial charge in [-0.2, -0.15) is 8.42 Å². The van der Waals surface area contributed by atoms with Gasteiger partial charge in [0.05, 0.1) is 18.4 Å². The number of carbonyl (C=O) groups is 4. The summed E-state index contributed by atoms with van der Waals surface area (Å²) in [5.41, 5.74) is -0.0798. The average Bonchev–Trinajstić information content (AvgIpc) is 2.88. The Balaban J connectivity index is 1.72. The van der Waals surface area contributed by atoms with Gasteiger partial charge in [0.15, 0.2) is 0 Å². The number of imide groups is 2. The van der Waals surface area contributed by atoms with Crippen LogP contribution < -0.4 is 14.4 Å². The zero-order valence-electron chi connectivity index (χ0n) is 19.0. The van der Waals surface area contributed by atoms with E-state index in [2.05, 4.69) is 26.0 Å². The summed E-state index contributed by atoms with van der Waals surface area (Å²) in [6, 6.07) is 16.2. The summed E-state index contributed by atoms with van der Waals surface area (Å²) in [6.45, 7) is 0. The minimum absolute atomic E-state index is 0.0859. The van der Waals surface area contributed by atoms with Crippen LogP contribution in [0.3, 0.4) is 0 Å². The van der Waals surface area contributed by atoms with Crippen LogP contribution in [0.2, 0.25) is 0 Å². The molecular formula is C25H17BrN2O8S. The molecule has 1 heterocycles. The fraction of sp³-hybridized carbons (Fsp3) is 0.0400. The molecule has 0 aliphatic carbocycles. The molecule has 0 radical (unpaired) electrons. The Kier molecular flexibility index (Phi) is 7.23. The Bertz CT molecular complexity index is 1550. The molecule has 1 N–H and O–H groups in total.